The Morgan fingerprint density at radius 2 is 2.05 bits per heavy atom. The maximum absolute atomic E-state index is 12.4. The monoisotopic (exact) mass is 275 g/mol. The van der Waals surface area contributed by atoms with E-state index in [0.717, 1.165) is 31.7 Å². The van der Waals surface area contributed by atoms with Crippen molar-refractivity contribution in [2.45, 2.75) is 32.9 Å². The first kappa shape index (κ1) is 15.0. The summed E-state index contributed by atoms with van der Waals surface area (Å²) >= 11 is 0. The number of nitrogens with one attached hydrogen (secondary N) is 2. The van der Waals surface area contributed by atoms with E-state index in [2.05, 4.69) is 34.6 Å². The van der Waals surface area contributed by atoms with Crippen LogP contribution in [0, 0.1) is 6.92 Å². The molecule has 1 aliphatic rings. The van der Waals surface area contributed by atoms with Crippen LogP contribution in [0.5, 0.6) is 0 Å². The molecular weight excluding hydrogens is 250 g/mol. The van der Waals surface area contributed by atoms with Gasteiger partial charge in [0.15, 0.2) is 0 Å². The zero-order valence-corrected chi connectivity index (χ0v) is 12.7. The number of piperazine rings is 1. The minimum atomic E-state index is -0.452. The van der Waals surface area contributed by atoms with E-state index in [4.69, 9.17) is 0 Å². The quantitative estimate of drug-likeness (QED) is 0.870. The molecule has 1 saturated heterocycles. The summed E-state index contributed by atoms with van der Waals surface area (Å²) in [5.74, 6) is 0.0981. The van der Waals surface area contributed by atoms with Gasteiger partial charge in [0.25, 0.3) is 0 Å². The molecule has 0 spiro atoms. The molecule has 1 fully saturated rings. The molecule has 0 saturated carbocycles. The maximum atomic E-state index is 12.4. The van der Waals surface area contributed by atoms with Gasteiger partial charge in [-0.15, -0.1) is 0 Å². The van der Waals surface area contributed by atoms with Crippen molar-refractivity contribution in [2.75, 3.05) is 26.2 Å². The Bertz CT molecular complexity index is 465. The Morgan fingerprint density at radius 1 is 1.35 bits per heavy atom. The first-order chi connectivity index (χ1) is 9.50. The Morgan fingerprint density at radius 3 is 2.70 bits per heavy atom. The van der Waals surface area contributed by atoms with Crippen LogP contribution in [-0.2, 0) is 11.3 Å². The van der Waals surface area contributed by atoms with Crippen LogP contribution in [0.4, 0.5) is 0 Å². The van der Waals surface area contributed by atoms with Crippen LogP contribution in [0.3, 0.4) is 0 Å². The number of hydrogen-bond donors (Lipinski definition) is 2. The molecule has 0 aromatic heterocycles. The SMILES string of the molecule is Cc1cccc(CNC(=O)C(C)(C)N2CCNCC2)c1. The minimum absolute atomic E-state index is 0.0981. The topological polar surface area (TPSA) is 44.4 Å². The lowest BCUT2D eigenvalue weighted by atomic mass is 10.00. The van der Waals surface area contributed by atoms with Crippen molar-refractivity contribution in [3.8, 4) is 0 Å². The molecule has 110 valence electrons. The van der Waals surface area contributed by atoms with Crippen molar-refractivity contribution < 1.29 is 4.79 Å². The summed E-state index contributed by atoms with van der Waals surface area (Å²) in [5.41, 5.74) is 1.92. The fourth-order valence-electron chi connectivity index (χ4n) is 2.59. The number of carbonyl (C=O) groups is 1. The summed E-state index contributed by atoms with van der Waals surface area (Å²) in [7, 11) is 0. The smallest absolute Gasteiger partial charge is 0.240 e. The predicted octanol–water partition coefficient (Wildman–Crippen LogP) is 1.30. The van der Waals surface area contributed by atoms with E-state index < -0.39 is 5.54 Å². The van der Waals surface area contributed by atoms with Gasteiger partial charge in [-0.1, -0.05) is 29.8 Å². The van der Waals surface area contributed by atoms with Crippen molar-refractivity contribution in [1.29, 1.82) is 0 Å². The standard InChI is InChI=1S/C16H25N3O/c1-13-5-4-6-14(11-13)12-18-15(20)16(2,3)19-9-7-17-8-10-19/h4-6,11,17H,7-10,12H2,1-3H3,(H,18,20). The van der Waals surface area contributed by atoms with E-state index in [0.29, 0.717) is 6.54 Å². The van der Waals surface area contributed by atoms with E-state index in [1.165, 1.54) is 5.56 Å². The van der Waals surface area contributed by atoms with Gasteiger partial charge in [-0.3, -0.25) is 9.69 Å². The van der Waals surface area contributed by atoms with Crippen molar-refractivity contribution in [3.63, 3.8) is 0 Å². The molecule has 1 aromatic carbocycles. The van der Waals surface area contributed by atoms with Gasteiger partial charge >= 0.3 is 0 Å². The van der Waals surface area contributed by atoms with Crippen LogP contribution < -0.4 is 10.6 Å². The third-order valence-electron chi connectivity index (χ3n) is 4.00. The highest BCUT2D eigenvalue weighted by molar-refractivity contribution is 5.85. The van der Waals surface area contributed by atoms with Crippen molar-refractivity contribution >= 4 is 5.91 Å². The van der Waals surface area contributed by atoms with E-state index >= 15 is 0 Å². The first-order valence-corrected chi connectivity index (χ1v) is 7.30. The predicted molar refractivity (Wildman–Crippen MR) is 81.5 cm³/mol. The number of amides is 1. The van der Waals surface area contributed by atoms with Gasteiger partial charge in [0.05, 0.1) is 5.54 Å². The average Bonchev–Trinajstić information content (AvgIpc) is 2.45. The van der Waals surface area contributed by atoms with Crippen molar-refractivity contribution in [2.24, 2.45) is 0 Å². The second-order valence-corrected chi connectivity index (χ2v) is 5.97. The van der Waals surface area contributed by atoms with Crippen LogP contribution in [0.25, 0.3) is 0 Å². The summed E-state index contributed by atoms with van der Waals surface area (Å²) in [6, 6.07) is 8.25. The minimum Gasteiger partial charge on any atom is -0.350 e. The molecule has 0 atom stereocenters. The number of rotatable bonds is 4. The summed E-state index contributed by atoms with van der Waals surface area (Å²) in [4.78, 5) is 14.7. The van der Waals surface area contributed by atoms with Crippen LogP contribution in [0.1, 0.15) is 25.0 Å². The lowest BCUT2D eigenvalue weighted by Crippen LogP contribution is -2.59. The molecule has 1 aromatic rings. The summed E-state index contributed by atoms with van der Waals surface area (Å²) < 4.78 is 0. The van der Waals surface area contributed by atoms with E-state index in [1.807, 2.05) is 26.0 Å². The van der Waals surface area contributed by atoms with E-state index in [9.17, 15) is 4.79 Å². The summed E-state index contributed by atoms with van der Waals surface area (Å²) in [5, 5.41) is 6.38. The lowest BCUT2D eigenvalue weighted by Gasteiger charge is -2.39. The molecular formula is C16H25N3O. The normalized spacial score (nSPS) is 16.9. The van der Waals surface area contributed by atoms with Gasteiger partial charge in [-0.25, -0.2) is 0 Å². The zero-order chi connectivity index (χ0) is 14.6. The molecule has 0 bridgehead atoms. The first-order valence-electron chi connectivity index (χ1n) is 7.30. The average molecular weight is 275 g/mol. The van der Waals surface area contributed by atoms with E-state index in [1.54, 1.807) is 0 Å². The molecule has 20 heavy (non-hydrogen) atoms. The number of carbonyl (C=O) groups excluding carboxylic acids is 1. The molecule has 4 heteroatoms. The zero-order valence-electron chi connectivity index (χ0n) is 12.7. The van der Waals surface area contributed by atoms with Gasteiger partial charge in [-0.2, -0.15) is 0 Å². The van der Waals surface area contributed by atoms with Gasteiger partial charge in [0.1, 0.15) is 0 Å². The van der Waals surface area contributed by atoms with E-state index in [-0.39, 0.29) is 5.91 Å². The molecule has 0 radical (unpaired) electrons. The highest BCUT2D eigenvalue weighted by atomic mass is 16.2. The molecule has 0 unspecified atom stereocenters. The Labute approximate surface area is 121 Å². The molecule has 1 heterocycles. The number of hydrogen-bond acceptors (Lipinski definition) is 3. The highest BCUT2D eigenvalue weighted by Crippen LogP contribution is 2.15. The largest absolute Gasteiger partial charge is 0.350 e. The number of aryl methyl sites for hydroxylation is 1. The molecule has 0 aliphatic carbocycles. The van der Waals surface area contributed by atoms with Gasteiger partial charge < -0.3 is 10.6 Å². The Hall–Kier alpha value is -1.39. The van der Waals surface area contributed by atoms with Crippen LogP contribution in [0.15, 0.2) is 24.3 Å². The summed E-state index contributed by atoms with van der Waals surface area (Å²) in [6.45, 7) is 10.4. The van der Waals surface area contributed by atoms with Crippen molar-refractivity contribution in [1.82, 2.24) is 15.5 Å². The van der Waals surface area contributed by atoms with Crippen molar-refractivity contribution in [3.05, 3.63) is 35.4 Å². The Balaban J connectivity index is 1.93. The van der Waals surface area contributed by atoms with Gasteiger partial charge in [0.2, 0.25) is 5.91 Å². The third-order valence-corrected chi connectivity index (χ3v) is 4.00. The number of nitrogens with zero attached hydrogens (tertiary/aromatic N) is 1. The van der Waals surface area contributed by atoms with Gasteiger partial charge in [-0.05, 0) is 26.3 Å². The second-order valence-electron chi connectivity index (χ2n) is 5.97. The maximum Gasteiger partial charge on any atom is 0.240 e. The van der Waals surface area contributed by atoms with Crippen LogP contribution >= 0.6 is 0 Å². The molecule has 2 rings (SSSR count). The lowest BCUT2D eigenvalue weighted by molar-refractivity contribution is -0.132. The Kier molecular flexibility index (Phi) is 4.78. The second kappa shape index (κ2) is 6.37. The van der Waals surface area contributed by atoms with Gasteiger partial charge in [0, 0.05) is 32.7 Å². The fraction of sp³-hybridized carbons (Fsp3) is 0.562. The fourth-order valence-corrected chi connectivity index (χ4v) is 2.59. The molecule has 2 N–H and O–H groups in total. The summed E-state index contributed by atoms with van der Waals surface area (Å²) in [6.07, 6.45) is 0. The molecule has 1 amide bonds. The molecule has 1 aliphatic heterocycles. The number of benzene rings is 1. The van der Waals surface area contributed by atoms with Crippen LogP contribution in [-0.4, -0.2) is 42.5 Å². The highest BCUT2D eigenvalue weighted by Gasteiger charge is 2.34. The molecule has 4 nitrogen and oxygen atoms in total. The third kappa shape index (κ3) is 3.58. The van der Waals surface area contributed by atoms with Crippen LogP contribution in [0.2, 0.25) is 0 Å².